The van der Waals surface area contributed by atoms with Crippen LogP contribution in [0.5, 0.6) is 5.75 Å². The monoisotopic (exact) mass is 752 g/mol. The van der Waals surface area contributed by atoms with Crippen LogP contribution in [-0.2, 0) is 4.74 Å². The maximum Gasteiger partial charge on any atom is 0.518 e. The average molecular weight is 752 g/mol. The van der Waals surface area contributed by atoms with E-state index in [1.165, 1.54) is 6.92 Å². The van der Waals surface area contributed by atoms with Gasteiger partial charge in [-0.05, 0) is 12.3 Å². The minimum atomic E-state index is -9.22. The van der Waals surface area contributed by atoms with Gasteiger partial charge in [0.15, 0.2) is 0 Å². The number of carbonyl (C=O) groups is 1. The van der Waals surface area contributed by atoms with Crippen molar-refractivity contribution in [3.8, 4) is 5.75 Å². The summed E-state index contributed by atoms with van der Waals surface area (Å²) in [6.07, 6.45) is -19.6. The molecule has 276 valence electrons. The van der Waals surface area contributed by atoms with Crippen LogP contribution in [0.2, 0.25) is 0 Å². The first-order chi connectivity index (χ1) is 21.0. The number of hydrogen-bond donors (Lipinski definition) is 0. The van der Waals surface area contributed by atoms with Gasteiger partial charge in [0.2, 0.25) is 5.75 Å². The molecule has 0 heterocycles. The lowest BCUT2D eigenvalue weighted by Gasteiger charge is -2.43. The molecule has 0 saturated heterocycles. The van der Waals surface area contributed by atoms with E-state index in [1.54, 1.807) is 0 Å². The molecular weight excluding hydrogens is 741 g/mol. The fourth-order valence-electron chi connectivity index (χ4n) is 3.18. The third-order valence-electron chi connectivity index (χ3n) is 6.12. The molecule has 0 radical (unpaired) electrons. The molecule has 0 aliphatic heterocycles. The molecule has 9 nitrogen and oxygen atoms in total. The van der Waals surface area contributed by atoms with E-state index in [-0.39, 0.29) is 12.5 Å². The van der Waals surface area contributed by atoms with Crippen molar-refractivity contribution in [2.75, 3.05) is 0 Å². The molecule has 0 N–H and O–H groups in total. The molecule has 0 bridgehead atoms. The standard InChI is InChI=1S/C20H11F19N2O7/c1-3-6(2)8-4-7(40(43)44)5-9(41(45)46)10(8)47-11(42)48-20(38,39)18(33,34)16(29,30)14(25,26)12(21,22)13(23,24)15(27,28)17(31,32)19(35,36)37/h4-6H,3H2,1-2H3. The van der Waals surface area contributed by atoms with E-state index in [4.69, 9.17) is 0 Å². The highest BCUT2D eigenvalue weighted by Gasteiger charge is 2.97. The van der Waals surface area contributed by atoms with E-state index < -0.39 is 98.4 Å². The zero-order chi connectivity index (χ0) is 38.7. The third kappa shape index (κ3) is 6.15. The average Bonchev–Trinajstić information content (AvgIpc) is 2.90. The Morgan fingerprint density at radius 1 is 0.667 bits per heavy atom. The number of benzene rings is 1. The Morgan fingerprint density at radius 2 is 1.04 bits per heavy atom. The molecule has 1 unspecified atom stereocenters. The Labute approximate surface area is 249 Å². The van der Waals surface area contributed by atoms with E-state index in [9.17, 15) is 108 Å². The first kappa shape index (κ1) is 42.0. The maximum absolute atomic E-state index is 14.0. The second-order valence-electron chi connectivity index (χ2n) is 9.20. The van der Waals surface area contributed by atoms with Gasteiger partial charge >= 0.3 is 65.6 Å². The van der Waals surface area contributed by atoms with Crippen LogP contribution in [0.1, 0.15) is 31.7 Å². The number of ether oxygens (including phenoxy) is 2. The number of nitro groups is 2. The Bertz CT molecular complexity index is 1430. The summed E-state index contributed by atoms with van der Waals surface area (Å²) in [5.41, 5.74) is -3.82. The SMILES string of the molecule is CCC(C)c1cc([N+](=O)[O-])cc([N+](=O)[O-])c1OC(=O)OC(F)(F)C(F)(F)C(F)(F)C(F)(F)C(F)(F)C(F)(F)C(F)(F)C(F)(F)C(F)(F)F. The summed E-state index contributed by atoms with van der Waals surface area (Å²) in [7, 11) is 0. The number of hydrogen-bond acceptors (Lipinski definition) is 7. The quantitative estimate of drug-likeness (QED) is 0.0648. The molecule has 0 aliphatic carbocycles. The van der Waals surface area contributed by atoms with E-state index in [1.807, 2.05) is 0 Å². The van der Waals surface area contributed by atoms with Crippen molar-refractivity contribution in [3.05, 3.63) is 37.9 Å². The number of non-ortho nitro benzene ring substituents is 1. The van der Waals surface area contributed by atoms with Gasteiger partial charge in [-0.1, -0.05) is 13.8 Å². The van der Waals surface area contributed by atoms with Crippen molar-refractivity contribution >= 4 is 17.5 Å². The van der Waals surface area contributed by atoms with E-state index >= 15 is 0 Å². The summed E-state index contributed by atoms with van der Waals surface area (Å²) in [4.78, 5) is 31.1. The molecule has 0 aliphatic rings. The molecule has 28 heteroatoms. The van der Waals surface area contributed by atoms with Crippen LogP contribution in [0.3, 0.4) is 0 Å². The molecular formula is C20H11F19N2O7. The van der Waals surface area contributed by atoms with Gasteiger partial charge in [0, 0.05) is 11.6 Å². The fraction of sp³-hybridized carbons (Fsp3) is 0.650. The van der Waals surface area contributed by atoms with Gasteiger partial charge < -0.3 is 9.47 Å². The van der Waals surface area contributed by atoms with E-state index in [2.05, 4.69) is 9.47 Å². The lowest BCUT2D eigenvalue weighted by atomic mass is 9.88. The predicted octanol–water partition coefficient (Wildman–Crippen LogP) is 9.13. The number of carbonyl (C=O) groups excluding carboxylic acids is 1. The molecule has 48 heavy (non-hydrogen) atoms. The Balaban J connectivity index is 3.72. The number of nitrogens with zero attached hydrogens (tertiary/aromatic N) is 2. The highest BCUT2D eigenvalue weighted by atomic mass is 19.4. The van der Waals surface area contributed by atoms with Gasteiger partial charge in [-0.2, -0.15) is 83.4 Å². The number of nitro benzene ring substituents is 2. The van der Waals surface area contributed by atoms with Gasteiger partial charge in [0.25, 0.3) is 5.69 Å². The van der Waals surface area contributed by atoms with Crippen molar-refractivity contribution in [1.82, 2.24) is 0 Å². The smallest absolute Gasteiger partial charge is 0.387 e. The summed E-state index contributed by atoms with van der Waals surface area (Å²) < 4.78 is 261. The summed E-state index contributed by atoms with van der Waals surface area (Å²) in [6.45, 7) is 2.24. The number of rotatable bonds is 13. The lowest BCUT2D eigenvalue weighted by molar-refractivity contribution is -0.478. The lowest BCUT2D eigenvalue weighted by Crippen LogP contribution is -2.76. The zero-order valence-electron chi connectivity index (χ0n) is 22.4. The number of alkyl halides is 19. The van der Waals surface area contributed by atoms with Gasteiger partial charge in [-0.3, -0.25) is 20.2 Å². The molecule has 1 aromatic carbocycles. The second-order valence-corrected chi connectivity index (χ2v) is 9.20. The maximum atomic E-state index is 14.0. The molecule has 0 amide bonds. The zero-order valence-corrected chi connectivity index (χ0v) is 22.4. The molecule has 0 aromatic heterocycles. The first-order valence-corrected chi connectivity index (χ1v) is 11.4. The van der Waals surface area contributed by atoms with Gasteiger partial charge in [0.05, 0.1) is 15.9 Å². The minimum absolute atomic E-state index is 0.0731. The van der Waals surface area contributed by atoms with E-state index in [0.717, 1.165) is 6.92 Å². The predicted molar refractivity (Wildman–Crippen MR) is 111 cm³/mol. The Hall–Kier alpha value is -4.04. The molecule has 0 fully saturated rings. The Kier molecular flexibility index (Phi) is 10.6. The van der Waals surface area contributed by atoms with Crippen molar-refractivity contribution in [2.45, 2.75) is 79.9 Å². The molecule has 1 atom stereocenters. The topological polar surface area (TPSA) is 122 Å². The normalized spacial score (nSPS) is 15.2. The Morgan fingerprint density at radius 3 is 1.38 bits per heavy atom. The van der Waals surface area contributed by atoms with E-state index in [0.29, 0.717) is 6.07 Å². The largest absolute Gasteiger partial charge is 0.518 e. The van der Waals surface area contributed by atoms with Gasteiger partial charge in [-0.15, -0.1) is 0 Å². The first-order valence-electron chi connectivity index (χ1n) is 11.4. The van der Waals surface area contributed by atoms with Crippen LogP contribution in [0.25, 0.3) is 0 Å². The summed E-state index contributed by atoms with van der Waals surface area (Å²) in [6, 6.07) is 0.266. The summed E-state index contributed by atoms with van der Waals surface area (Å²) in [5, 5.41) is 22.3. The summed E-state index contributed by atoms with van der Waals surface area (Å²) in [5.74, 6) is -65.4. The molecule has 0 spiro atoms. The van der Waals surface area contributed by atoms with Crippen molar-refractivity contribution < 1.29 is 108 Å². The van der Waals surface area contributed by atoms with Crippen molar-refractivity contribution in [2.24, 2.45) is 0 Å². The molecule has 1 rings (SSSR count). The van der Waals surface area contributed by atoms with Crippen LogP contribution in [-0.4, -0.2) is 69.7 Å². The second kappa shape index (κ2) is 12.1. The van der Waals surface area contributed by atoms with Crippen LogP contribution in [0, 0.1) is 20.2 Å². The molecule has 1 aromatic rings. The third-order valence-corrected chi connectivity index (χ3v) is 6.12. The van der Waals surface area contributed by atoms with Gasteiger partial charge in [-0.25, -0.2) is 4.79 Å². The highest BCUT2D eigenvalue weighted by molar-refractivity contribution is 5.70. The summed E-state index contributed by atoms with van der Waals surface area (Å²) >= 11 is 0. The molecule has 0 saturated carbocycles. The minimum Gasteiger partial charge on any atom is -0.387 e. The highest BCUT2D eigenvalue weighted by Crippen LogP contribution is 2.65. The van der Waals surface area contributed by atoms with Crippen LogP contribution in [0.4, 0.5) is 99.6 Å². The van der Waals surface area contributed by atoms with Crippen molar-refractivity contribution in [3.63, 3.8) is 0 Å². The van der Waals surface area contributed by atoms with Crippen LogP contribution >= 0.6 is 0 Å². The number of halogens is 19. The fourth-order valence-corrected chi connectivity index (χ4v) is 3.18. The van der Waals surface area contributed by atoms with Gasteiger partial charge in [0.1, 0.15) is 0 Å². The van der Waals surface area contributed by atoms with Crippen LogP contribution in [0.15, 0.2) is 12.1 Å². The van der Waals surface area contributed by atoms with Crippen molar-refractivity contribution in [1.29, 1.82) is 0 Å². The van der Waals surface area contributed by atoms with Crippen LogP contribution < -0.4 is 4.74 Å².